The van der Waals surface area contributed by atoms with E-state index in [0.29, 0.717) is 0 Å². The second-order valence-electron chi connectivity index (χ2n) is 3.74. The predicted molar refractivity (Wildman–Crippen MR) is 62.3 cm³/mol. The molecule has 0 saturated heterocycles. The van der Waals surface area contributed by atoms with E-state index in [2.05, 4.69) is 6.58 Å². The van der Waals surface area contributed by atoms with Crippen LogP contribution >= 0.6 is 0 Å². The Morgan fingerprint density at radius 1 is 0.867 bits per heavy atom. The molecule has 0 spiro atoms. The van der Waals surface area contributed by atoms with Gasteiger partial charge in [-0.1, -0.05) is 36.9 Å². The summed E-state index contributed by atoms with van der Waals surface area (Å²) in [5, 5.41) is 16.7. The predicted octanol–water partition coefficient (Wildman–Crippen LogP) is 3.27. The van der Waals surface area contributed by atoms with Gasteiger partial charge in [-0.25, -0.2) is 0 Å². The fourth-order valence-corrected chi connectivity index (χ4v) is 2.09. The van der Waals surface area contributed by atoms with E-state index < -0.39 is 0 Å². The first kappa shape index (κ1) is 8.30. The van der Waals surface area contributed by atoms with Crippen molar-refractivity contribution in [3.05, 3.63) is 47.7 Å². The minimum Gasteiger partial charge on any atom is -0.289 e. The lowest BCUT2D eigenvalue weighted by Gasteiger charge is -2.05. The van der Waals surface area contributed by atoms with Gasteiger partial charge in [-0.2, -0.15) is 0 Å². The van der Waals surface area contributed by atoms with E-state index >= 15 is 0 Å². The van der Waals surface area contributed by atoms with Gasteiger partial charge in [-0.05, 0) is 28.1 Å². The molecule has 0 aliphatic carbocycles. The highest BCUT2D eigenvalue weighted by atomic mass is 16.3. The molecule has 0 atom stereocenters. The molecule has 3 rings (SSSR count). The lowest BCUT2D eigenvalue weighted by molar-refractivity contribution is 0.360. The van der Waals surface area contributed by atoms with Crippen LogP contribution in [0.3, 0.4) is 0 Å². The molecule has 0 aliphatic rings. The molecule has 15 heavy (non-hydrogen) atoms. The number of benzene rings is 3. The van der Waals surface area contributed by atoms with E-state index in [1.807, 2.05) is 36.4 Å². The van der Waals surface area contributed by atoms with Gasteiger partial charge in [-0.15, -0.1) is 0 Å². The quantitative estimate of drug-likeness (QED) is 0.522. The lowest BCUT2D eigenvalue weighted by Crippen LogP contribution is -1.98. The van der Waals surface area contributed by atoms with Crippen LogP contribution in [-0.2, 0) is 5.11 Å². The van der Waals surface area contributed by atoms with Crippen molar-refractivity contribution in [1.29, 1.82) is 0 Å². The van der Waals surface area contributed by atoms with Gasteiger partial charge < -0.3 is 0 Å². The molecule has 0 bridgehead atoms. The molecule has 3 aromatic rings. The first-order chi connectivity index (χ1) is 7.27. The van der Waals surface area contributed by atoms with Crippen molar-refractivity contribution in [2.24, 2.45) is 0 Å². The van der Waals surface area contributed by atoms with Crippen LogP contribution < -0.4 is 5.22 Å². The topological polar surface area (TPSA) is 19.9 Å². The Morgan fingerprint density at radius 3 is 2.60 bits per heavy atom. The normalized spacial score (nSPS) is 11.2. The summed E-state index contributed by atoms with van der Waals surface area (Å²) in [6, 6.07) is 13.3. The summed E-state index contributed by atoms with van der Waals surface area (Å²) in [4.78, 5) is 0. The molecule has 0 aliphatic heterocycles. The van der Waals surface area contributed by atoms with Crippen LogP contribution in [-0.4, -0.2) is 0 Å². The Kier molecular flexibility index (Phi) is 1.51. The standard InChI is InChI=1S/C14H9O/c1-9-5-7-12-13(15)8-6-10-3-2-4-11(9)14(10)12/h2-8H,1H2. The molecular formula is C14H9O. The first-order valence-corrected chi connectivity index (χ1v) is 4.87. The van der Waals surface area contributed by atoms with Crippen molar-refractivity contribution < 1.29 is 5.11 Å². The molecular weight excluding hydrogens is 184 g/mol. The average Bonchev–Trinajstić information content (AvgIpc) is 2.26. The van der Waals surface area contributed by atoms with Crippen LogP contribution in [0.15, 0.2) is 42.5 Å². The summed E-state index contributed by atoms with van der Waals surface area (Å²) in [6.45, 7) is 3.98. The maximum absolute atomic E-state index is 11.7. The first-order valence-electron chi connectivity index (χ1n) is 4.87. The minimum absolute atomic E-state index is 0.0821. The van der Waals surface area contributed by atoms with Crippen molar-refractivity contribution >= 4 is 28.1 Å². The molecule has 0 amide bonds. The number of hydrogen-bond acceptors (Lipinski definition) is 0. The Labute approximate surface area is 87.3 Å². The largest absolute Gasteiger partial charge is 0.289 e. The van der Waals surface area contributed by atoms with Crippen molar-refractivity contribution in [1.82, 2.24) is 0 Å². The average molecular weight is 193 g/mol. The highest BCUT2D eigenvalue weighted by Crippen LogP contribution is 2.31. The summed E-state index contributed by atoms with van der Waals surface area (Å²) in [6.07, 6.45) is 0. The van der Waals surface area contributed by atoms with Crippen molar-refractivity contribution in [2.75, 3.05) is 0 Å². The van der Waals surface area contributed by atoms with E-state index in [1.54, 1.807) is 6.07 Å². The molecule has 0 saturated carbocycles. The highest BCUT2D eigenvalue weighted by molar-refractivity contribution is 6.12. The second-order valence-corrected chi connectivity index (χ2v) is 3.74. The Morgan fingerprint density at radius 2 is 1.73 bits per heavy atom. The van der Waals surface area contributed by atoms with Gasteiger partial charge in [0, 0.05) is 10.8 Å². The van der Waals surface area contributed by atoms with Crippen LogP contribution in [0.5, 0.6) is 5.75 Å². The zero-order valence-corrected chi connectivity index (χ0v) is 8.16. The fourth-order valence-electron chi connectivity index (χ4n) is 2.09. The molecule has 0 aromatic heterocycles. The zero-order chi connectivity index (χ0) is 10.4. The van der Waals surface area contributed by atoms with E-state index in [0.717, 1.165) is 26.8 Å². The molecule has 1 heteroatoms. The van der Waals surface area contributed by atoms with Crippen molar-refractivity contribution in [2.45, 2.75) is 0 Å². The van der Waals surface area contributed by atoms with Crippen molar-refractivity contribution in [3.63, 3.8) is 0 Å². The van der Waals surface area contributed by atoms with Crippen LogP contribution in [0.4, 0.5) is 0 Å². The number of rotatable bonds is 0. The van der Waals surface area contributed by atoms with Crippen molar-refractivity contribution in [3.8, 4) is 5.75 Å². The molecule has 0 heterocycles. The monoisotopic (exact) mass is 193 g/mol. The maximum Gasteiger partial charge on any atom is 0.186 e. The van der Waals surface area contributed by atoms with Gasteiger partial charge in [-0.3, -0.25) is 5.11 Å². The third-order valence-electron chi connectivity index (χ3n) is 2.84. The zero-order valence-electron chi connectivity index (χ0n) is 8.16. The van der Waals surface area contributed by atoms with Gasteiger partial charge in [0.05, 0.1) is 0 Å². The lowest BCUT2D eigenvalue weighted by atomic mass is 9.99. The van der Waals surface area contributed by atoms with Gasteiger partial charge in [0.2, 0.25) is 0 Å². The molecule has 1 nitrogen and oxygen atoms in total. The van der Waals surface area contributed by atoms with Crippen LogP contribution in [0.2, 0.25) is 0 Å². The summed E-state index contributed by atoms with van der Waals surface area (Å²) >= 11 is 0. The summed E-state index contributed by atoms with van der Waals surface area (Å²) in [5.74, 6) is 0.0821. The summed E-state index contributed by atoms with van der Waals surface area (Å²) < 4.78 is 0. The van der Waals surface area contributed by atoms with E-state index in [1.165, 1.54) is 0 Å². The summed E-state index contributed by atoms with van der Waals surface area (Å²) in [7, 11) is 0. The number of hydrogen-bond donors (Lipinski definition) is 0. The Hall–Kier alpha value is -2.02. The molecule has 3 aromatic carbocycles. The van der Waals surface area contributed by atoms with E-state index in [4.69, 9.17) is 0 Å². The molecule has 0 fully saturated rings. The van der Waals surface area contributed by atoms with E-state index in [-0.39, 0.29) is 5.75 Å². The third kappa shape index (κ3) is 1.03. The SMILES string of the molecule is C=c1ccc2c([O])ccc3cccc1c32. The second kappa shape index (κ2) is 2.74. The van der Waals surface area contributed by atoms with E-state index in [9.17, 15) is 5.11 Å². The summed E-state index contributed by atoms with van der Waals surface area (Å²) in [5.41, 5.74) is 0. The highest BCUT2D eigenvalue weighted by Gasteiger charge is 2.06. The van der Waals surface area contributed by atoms with Gasteiger partial charge in [0.25, 0.3) is 0 Å². The van der Waals surface area contributed by atoms with Crippen LogP contribution in [0.1, 0.15) is 0 Å². The third-order valence-corrected chi connectivity index (χ3v) is 2.84. The smallest absolute Gasteiger partial charge is 0.186 e. The molecule has 0 N–H and O–H groups in total. The molecule has 0 unspecified atom stereocenters. The molecule has 1 radical (unpaired) electrons. The Balaban J connectivity index is 2.77. The van der Waals surface area contributed by atoms with Gasteiger partial charge in [0.1, 0.15) is 0 Å². The molecule has 71 valence electrons. The van der Waals surface area contributed by atoms with Crippen LogP contribution in [0, 0.1) is 0 Å². The minimum atomic E-state index is 0.0821. The fraction of sp³-hybridized carbons (Fsp3) is 0. The van der Waals surface area contributed by atoms with Crippen LogP contribution in [0.25, 0.3) is 28.1 Å². The maximum atomic E-state index is 11.7. The van der Waals surface area contributed by atoms with Gasteiger partial charge in [0.15, 0.2) is 5.75 Å². The Bertz CT molecular complexity index is 698. The van der Waals surface area contributed by atoms with Gasteiger partial charge >= 0.3 is 0 Å².